The fourth-order valence-corrected chi connectivity index (χ4v) is 3.45. The first-order valence-corrected chi connectivity index (χ1v) is 11.3. The Morgan fingerprint density at radius 3 is 2.77 bits per heavy atom. The lowest BCUT2D eigenvalue weighted by Crippen LogP contribution is -2.47. The highest BCUT2D eigenvalue weighted by atomic mass is 16.5. The van der Waals surface area contributed by atoms with Gasteiger partial charge < -0.3 is 15.4 Å². The third-order valence-electron chi connectivity index (χ3n) is 5.08. The number of aryl methyl sites for hydroxylation is 2. The number of fused-ring (bicyclic) bond motifs is 1. The Hall–Kier alpha value is -2.57. The lowest BCUT2D eigenvalue weighted by molar-refractivity contribution is 0.271. The van der Waals surface area contributed by atoms with E-state index in [1.54, 1.807) is 0 Å². The van der Waals surface area contributed by atoms with Crippen LogP contribution in [0.5, 0.6) is 5.75 Å². The van der Waals surface area contributed by atoms with E-state index in [-0.39, 0.29) is 0 Å². The highest BCUT2D eigenvalue weighted by Gasteiger charge is 2.22. The maximum atomic E-state index is 5.76. The molecule has 0 radical (unpaired) electrons. The normalized spacial score (nSPS) is 16.4. The summed E-state index contributed by atoms with van der Waals surface area (Å²) in [6.07, 6.45) is 3.78. The zero-order valence-electron chi connectivity index (χ0n) is 18.8. The van der Waals surface area contributed by atoms with Gasteiger partial charge in [-0.1, -0.05) is 32.9 Å². The second-order valence-electron chi connectivity index (χ2n) is 8.22. The SMILES string of the molecule is CCNC(=NCCc1ccc(OCC(C)C)cc1)NC1CCc2nc(CC)nn2C1. The van der Waals surface area contributed by atoms with Crippen LogP contribution in [0.3, 0.4) is 0 Å². The molecule has 164 valence electrons. The van der Waals surface area contributed by atoms with Crippen molar-refractivity contribution in [1.82, 2.24) is 25.4 Å². The molecule has 0 aliphatic carbocycles. The molecule has 0 saturated heterocycles. The minimum atomic E-state index is 0.319. The summed E-state index contributed by atoms with van der Waals surface area (Å²) >= 11 is 0. The lowest BCUT2D eigenvalue weighted by Gasteiger charge is -2.25. The Balaban J connectivity index is 1.51. The molecule has 0 fully saturated rings. The number of aliphatic imine (C=N–C) groups is 1. The number of hydrogen-bond acceptors (Lipinski definition) is 4. The average molecular weight is 413 g/mol. The molecule has 2 aromatic rings. The van der Waals surface area contributed by atoms with Gasteiger partial charge in [0.2, 0.25) is 0 Å². The molecule has 1 aliphatic heterocycles. The summed E-state index contributed by atoms with van der Waals surface area (Å²) in [7, 11) is 0. The fraction of sp³-hybridized carbons (Fsp3) is 0.609. The first-order valence-electron chi connectivity index (χ1n) is 11.3. The van der Waals surface area contributed by atoms with E-state index in [9.17, 15) is 0 Å². The van der Waals surface area contributed by atoms with Crippen LogP contribution < -0.4 is 15.4 Å². The van der Waals surface area contributed by atoms with Gasteiger partial charge in [-0.2, -0.15) is 5.10 Å². The van der Waals surface area contributed by atoms with E-state index in [1.165, 1.54) is 5.56 Å². The molecular formula is C23H36N6O. The Morgan fingerprint density at radius 1 is 1.27 bits per heavy atom. The smallest absolute Gasteiger partial charge is 0.191 e. The third kappa shape index (κ3) is 6.47. The number of benzene rings is 1. The Morgan fingerprint density at radius 2 is 2.07 bits per heavy atom. The number of ether oxygens (including phenoxy) is 1. The van der Waals surface area contributed by atoms with Crippen molar-refractivity contribution in [3.63, 3.8) is 0 Å². The molecule has 0 bridgehead atoms. The third-order valence-corrected chi connectivity index (χ3v) is 5.08. The summed E-state index contributed by atoms with van der Waals surface area (Å²) in [6.45, 7) is 11.7. The number of nitrogens with zero attached hydrogens (tertiary/aromatic N) is 4. The summed E-state index contributed by atoms with van der Waals surface area (Å²) in [5.41, 5.74) is 1.27. The van der Waals surface area contributed by atoms with E-state index in [0.717, 1.165) is 75.3 Å². The molecule has 0 spiro atoms. The van der Waals surface area contributed by atoms with E-state index in [4.69, 9.17) is 9.73 Å². The van der Waals surface area contributed by atoms with E-state index in [1.807, 2.05) is 16.8 Å². The van der Waals surface area contributed by atoms with Crippen molar-refractivity contribution in [2.75, 3.05) is 19.7 Å². The molecule has 1 unspecified atom stereocenters. The molecule has 1 atom stereocenters. The number of hydrogen-bond donors (Lipinski definition) is 2. The van der Waals surface area contributed by atoms with Crippen molar-refractivity contribution in [3.05, 3.63) is 41.5 Å². The topological polar surface area (TPSA) is 76.4 Å². The van der Waals surface area contributed by atoms with Crippen LogP contribution in [0, 0.1) is 5.92 Å². The summed E-state index contributed by atoms with van der Waals surface area (Å²) < 4.78 is 7.80. The van der Waals surface area contributed by atoms with Gasteiger partial charge in [-0.05, 0) is 43.4 Å². The van der Waals surface area contributed by atoms with Gasteiger partial charge in [-0.3, -0.25) is 4.99 Å². The summed E-state index contributed by atoms with van der Waals surface area (Å²) in [4.78, 5) is 9.38. The number of aromatic nitrogens is 3. The Labute approximate surface area is 180 Å². The zero-order chi connectivity index (χ0) is 21.3. The minimum Gasteiger partial charge on any atom is -0.493 e. The zero-order valence-corrected chi connectivity index (χ0v) is 18.8. The van der Waals surface area contributed by atoms with Crippen LogP contribution in [0.25, 0.3) is 0 Å². The van der Waals surface area contributed by atoms with Gasteiger partial charge in [0.25, 0.3) is 0 Å². The molecule has 1 aromatic carbocycles. The molecule has 0 saturated carbocycles. The number of rotatable bonds is 9. The maximum Gasteiger partial charge on any atom is 0.191 e. The second kappa shape index (κ2) is 11.0. The van der Waals surface area contributed by atoms with Crippen LogP contribution >= 0.6 is 0 Å². The van der Waals surface area contributed by atoms with Gasteiger partial charge in [0.05, 0.1) is 13.2 Å². The average Bonchev–Trinajstić information content (AvgIpc) is 3.16. The van der Waals surface area contributed by atoms with Gasteiger partial charge in [-0.15, -0.1) is 0 Å². The van der Waals surface area contributed by atoms with Crippen molar-refractivity contribution >= 4 is 5.96 Å². The van der Waals surface area contributed by atoms with Crippen LogP contribution in [0.4, 0.5) is 0 Å². The van der Waals surface area contributed by atoms with E-state index in [2.05, 4.69) is 60.5 Å². The molecule has 30 heavy (non-hydrogen) atoms. The minimum absolute atomic E-state index is 0.319. The number of guanidine groups is 1. The number of nitrogens with one attached hydrogen (secondary N) is 2. The van der Waals surface area contributed by atoms with E-state index in [0.29, 0.717) is 12.0 Å². The first kappa shape index (κ1) is 22.1. The van der Waals surface area contributed by atoms with Crippen molar-refractivity contribution in [3.8, 4) is 5.75 Å². The Kier molecular flexibility index (Phi) is 8.11. The van der Waals surface area contributed by atoms with Crippen LogP contribution in [-0.2, 0) is 25.8 Å². The molecule has 2 heterocycles. The largest absolute Gasteiger partial charge is 0.493 e. The second-order valence-corrected chi connectivity index (χ2v) is 8.22. The molecule has 1 aromatic heterocycles. The van der Waals surface area contributed by atoms with Gasteiger partial charge in [0.15, 0.2) is 11.8 Å². The standard InChI is InChI=1S/C23H36N6O/c1-5-21-27-22-12-9-19(15-29(22)28-21)26-23(24-6-2)25-14-13-18-7-10-20(11-8-18)30-16-17(3)4/h7-8,10-11,17,19H,5-6,9,12-16H2,1-4H3,(H2,24,25,26). The van der Waals surface area contributed by atoms with Crippen molar-refractivity contribution < 1.29 is 4.74 Å². The lowest BCUT2D eigenvalue weighted by atomic mass is 10.1. The Bertz CT molecular complexity index is 812. The quantitative estimate of drug-likeness (QED) is 0.489. The van der Waals surface area contributed by atoms with Gasteiger partial charge in [-0.25, -0.2) is 9.67 Å². The van der Waals surface area contributed by atoms with Crippen molar-refractivity contribution in [1.29, 1.82) is 0 Å². The van der Waals surface area contributed by atoms with Gasteiger partial charge >= 0.3 is 0 Å². The van der Waals surface area contributed by atoms with Gasteiger partial charge in [0, 0.05) is 32.0 Å². The van der Waals surface area contributed by atoms with Gasteiger partial charge in [0.1, 0.15) is 11.6 Å². The molecule has 2 N–H and O–H groups in total. The first-order chi connectivity index (χ1) is 14.6. The monoisotopic (exact) mass is 412 g/mol. The van der Waals surface area contributed by atoms with Crippen molar-refractivity contribution in [2.24, 2.45) is 10.9 Å². The maximum absolute atomic E-state index is 5.76. The molecule has 3 rings (SSSR count). The molecule has 1 aliphatic rings. The summed E-state index contributed by atoms with van der Waals surface area (Å²) in [5.74, 6) is 4.38. The highest BCUT2D eigenvalue weighted by Crippen LogP contribution is 2.15. The van der Waals surface area contributed by atoms with Crippen LogP contribution in [0.15, 0.2) is 29.3 Å². The molecule has 7 nitrogen and oxygen atoms in total. The summed E-state index contributed by atoms with van der Waals surface area (Å²) in [5, 5.41) is 11.5. The van der Waals surface area contributed by atoms with Crippen LogP contribution in [0.2, 0.25) is 0 Å². The van der Waals surface area contributed by atoms with Crippen molar-refractivity contribution in [2.45, 2.75) is 66.0 Å². The predicted molar refractivity (Wildman–Crippen MR) is 121 cm³/mol. The molecule has 7 heteroatoms. The summed E-state index contributed by atoms with van der Waals surface area (Å²) in [6, 6.07) is 8.67. The fourth-order valence-electron chi connectivity index (χ4n) is 3.45. The molecular weight excluding hydrogens is 376 g/mol. The van der Waals surface area contributed by atoms with E-state index >= 15 is 0 Å². The predicted octanol–water partition coefficient (Wildman–Crippen LogP) is 2.99. The van der Waals surface area contributed by atoms with E-state index < -0.39 is 0 Å². The van der Waals surface area contributed by atoms with Crippen LogP contribution in [-0.4, -0.2) is 46.5 Å². The van der Waals surface area contributed by atoms with Crippen LogP contribution in [0.1, 0.15) is 51.3 Å². The highest BCUT2D eigenvalue weighted by molar-refractivity contribution is 5.80. The molecule has 0 amide bonds.